The Bertz CT molecular complexity index is 369. The molecule has 1 fully saturated rings. The lowest BCUT2D eigenvalue weighted by Gasteiger charge is -2.28. The van der Waals surface area contributed by atoms with Gasteiger partial charge in [0, 0.05) is 49.4 Å². The van der Waals surface area contributed by atoms with Crippen LogP contribution < -0.4 is 5.32 Å². The molecule has 1 saturated heterocycles. The fourth-order valence-corrected chi connectivity index (χ4v) is 2.36. The van der Waals surface area contributed by atoms with Gasteiger partial charge in [0.15, 0.2) is 0 Å². The molecule has 2 heterocycles. The zero-order valence-electron chi connectivity index (χ0n) is 11.4. The molecular formula is C13H24N4. The van der Waals surface area contributed by atoms with E-state index in [1.807, 2.05) is 0 Å². The average Bonchev–Trinajstić information content (AvgIpc) is 2.62. The topological polar surface area (TPSA) is 44.0 Å². The van der Waals surface area contributed by atoms with E-state index in [4.69, 9.17) is 0 Å². The maximum Gasteiger partial charge on any atom is 0.0723 e. The van der Waals surface area contributed by atoms with E-state index in [0.717, 1.165) is 32.7 Å². The summed E-state index contributed by atoms with van der Waals surface area (Å²) in [7, 11) is 0. The summed E-state index contributed by atoms with van der Waals surface area (Å²) in [6.07, 6.45) is 0. The number of nitrogens with zero attached hydrogens (tertiary/aromatic N) is 2. The molecule has 0 saturated carbocycles. The summed E-state index contributed by atoms with van der Waals surface area (Å²) in [4.78, 5) is 2.50. The van der Waals surface area contributed by atoms with Gasteiger partial charge >= 0.3 is 0 Å². The van der Waals surface area contributed by atoms with Crippen molar-refractivity contribution in [3.8, 4) is 0 Å². The highest BCUT2D eigenvalue weighted by Gasteiger charge is 2.24. The van der Waals surface area contributed by atoms with Crippen molar-refractivity contribution in [3.05, 3.63) is 17.0 Å². The first kappa shape index (κ1) is 12.6. The molecule has 4 nitrogen and oxygen atoms in total. The van der Waals surface area contributed by atoms with E-state index in [2.05, 4.69) is 48.1 Å². The summed E-state index contributed by atoms with van der Waals surface area (Å²) in [6, 6.07) is 0. The summed E-state index contributed by atoms with van der Waals surface area (Å²) in [5.74, 6) is 0. The van der Waals surface area contributed by atoms with Crippen LogP contribution in [0.3, 0.4) is 0 Å². The van der Waals surface area contributed by atoms with Crippen LogP contribution in [0, 0.1) is 6.92 Å². The van der Waals surface area contributed by atoms with E-state index < -0.39 is 0 Å². The molecule has 1 aromatic rings. The summed E-state index contributed by atoms with van der Waals surface area (Å²) >= 11 is 0. The van der Waals surface area contributed by atoms with E-state index >= 15 is 0 Å². The molecule has 1 aromatic heterocycles. The van der Waals surface area contributed by atoms with Crippen molar-refractivity contribution in [2.24, 2.45) is 0 Å². The Morgan fingerprint density at radius 1 is 1.24 bits per heavy atom. The second-order valence-electron chi connectivity index (χ2n) is 5.95. The molecule has 0 unspecified atom stereocenters. The molecule has 1 aliphatic heterocycles. The minimum atomic E-state index is 0.119. The largest absolute Gasteiger partial charge is 0.314 e. The van der Waals surface area contributed by atoms with Gasteiger partial charge in [-0.2, -0.15) is 5.10 Å². The number of piperazine rings is 1. The van der Waals surface area contributed by atoms with Crippen LogP contribution in [0.15, 0.2) is 0 Å². The first-order valence-electron chi connectivity index (χ1n) is 6.46. The molecule has 0 atom stereocenters. The van der Waals surface area contributed by atoms with Gasteiger partial charge in [-0.15, -0.1) is 0 Å². The van der Waals surface area contributed by atoms with E-state index in [1.165, 1.54) is 17.0 Å². The van der Waals surface area contributed by atoms with E-state index in [9.17, 15) is 0 Å². The van der Waals surface area contributed by atoms with Gasteiger partial charge in [0.25, 0.3) is 0 Å². The van der Waals surface area contributed by atoms with Crippen molar-refractivity contribution in [3.63, 3.8) is 0 Å². The molecule has 0 spiro atoms. The minimum absolute atomic E-state index is 0.119. The van der Waals surface area contributed by atoms with Gasteiger partial charge in [-0.25, -0.2) is 0 Å². The zero-order chi connectivity index (χ0) is 12.5. The molecule has 96 valence electrons. The molecule has 1 aliphatic rings. The summed E-state index contributed by atoms with van der Waals surface area (Å²) in [5, 5.41) is 11.0. The number of aromatic amines is 1. The van der Waals surface area contributed by atoms with Crippen molar-refractivity contribution in [1.82, 2.24) is 20.4 Å². The normalized spacial score (nSPS) is 18.6. The van der Waals surface area contributed by atoms with Gasteiger partial charge in [-0.1, -0.05) is 20.8 Å². The lowest BCUT2D eigenvalue weighted by Crippen LogP contribution is -2.43. The summed E-state index contributed by atoms with van der Waals surface area (Å²) < 4.78 is 0. The number of aryl methyl sites for hydroxylation is 1. The van der Waals surface area contributed by atoms with Crippen molar-refractivity contribution in [2.75, 3.05) is 26.2 Å². The van der Waals surface area contributed by atoms with Gasteiger partial charge in [0.2, 0.25) is 0 Å². The molecular weight excluding hydrogens is 212 g/mol. The van der Waals surface area contributed by atoms with Gasteiger partial charge in [0.05, 0.1) is 5.69 Å². The predicted octanol–water partition coefficient (Wildman–Crippen LogP) is 1.42. The predicted molar refractivity (Wildman–Crippen MR) is 70.2 cm³/mol. The molecule has 4 heteroatoms. The van der Waals surface area contributed by atoms with Crippen LogP contribution in [0.2, 0.25) is 0 Å². The lowest BCUT2D eigenvalue weighted by atomic mass is 9.88. The van der Waals surface area contributed by atoms with Crippen LogP contribution >= 0.6 is 0 Å². The standard InChI is InChI=1S/C13H24N4/c1-10-11(9-17-7-5-14-6-8-17)12(16-15-10)13(2,3)4/h14H,5-9H2,1-4H3,(H,15,16). The number of hydrogen-bond donors (Lipinski definition) is 2. The maximum absolute atomic E-state index is 4.49. The maximum atomic E-state index is 4.49. The fourth-order valence-electron chi connectivity index (χ4n) is 2.36. The Kier molecular flexibility index (Phi) is 3.54. The molecule has 0 bridgehead atoms. The Labute approximate surface area is 104 Å². The first-order chi connectivity index (χ1) is 7.98. The number of hydrogen-bond acceptors (Lipinski definition) is 3. The third kappa shape index (κ3) is 2.87. The molecule has 2 N–H and O–H groups in total. The Morgan fingerprint density at radius 2 is 1.88 bits per heavy atom. The Morgan fingerprint density at radius 3 is 2.47 bits per heavy atom. The highest BCUT2D eigenvalue weighted by molar-refractivity contribution is 5.29. The van der Waals surface area contributed by atoms with Gasteiger partial charge < -0.3 is 5.32 Å². The SMILES string of the molecule is Cc1[nH]nc(C(C)(C)C)c1CN1CCNCC1. The highest BCUT2D eigenvalue weighted by atomic mass is 15.2. The van der Waals surface area contributed by atoms with E-state index in [1.54, 1.807) is 0 Å². The second kappa shape index (κ2) is 4.78. The van der Waals surface area contributed by atoms with Crippen LogP contribution in [-0.4, -0.2) is 41.3 Å². The summed E-state index contributed by atoms with van der Waals surface area (Å²) in [5.41, 5.74) is 3.94. The third-order valence-electron chi connectivity index (χ3n) is 3.38. The van der Waals surface area contributed by atoms with E-state index in [-0.39, 0.29) is 5.41 Å². The number of H-pyrrole nitrogens is 1. The molecule has 0 aliphatic carbocycles. The fraction of sp³-hybridized carbons (Fsp3) is 0.769. The van der Waals surface area contributed by atoms with Gasteiger partial charge in [-0.3, -0.25) is 10.00 Å². The van der Waals surface area contributed by atoms with Crippen molar-refractivity contribution in [1.29, 1.82) is 0 Å². The zero-order valence-corrected chi connectivity index (χ0v) is 11.4. The molecule has 0 aromatic carbocycles. The summed E-state index contributed by atoms with van der Waals surface area (Å²) in [6.45, 7) is 14.3. The molecule has 0 amide bonds. The molecule has 0 radical (unpaired) electrons. The van der Waals surface area contributed by atoms with Gasteiger partial charge in [-0.05, 0) is 6.92 Å². The van der Waals surface area contributed by atoms with Crippen molar-refractivity contribution in [2.45, 2.75) is 39.7 Å². The minimum Gasteiger partial charge on any atom is -0.314 e. The third-order valence-corrected chi connectivity index (χ3v) is 3.38. The lowest BCUT2D eigenvalue weighted by molar-refractivity contribution is 0.231. The van der Waals surface area contributed by atoms with Gasteiger partial charge in [0.1, 0.15) is 0 Å². The molecule has 17 heavy (non-hydrogen) atoms. The average molecular weight is 236 g/mol. The quantitative estimate of drug-likeness (QED) is 0.816. The van der Waals surface area contributed by atoms with Crippen molar-refractivity contribution < 1.29 is 0 Å². The first-order valence-corrected chi connectivity index (χ1v) is 6.46. The monoisotopic (exact) mass is 236 g/mol. The number of nitrogens with one attached hydrogen (secondary N) is 2. The number of rotatable bonds is 2. The van der Waals surface area contributed by atoms with Crippen LogP contribution in [0.5, 0.6) is 0 Å². The smallest absolute Gasteiger partial charge is 0.0723 e. The van der Waals surface area contributed by atoms with Crippen molar-refractivity contribution >= 4 is 0 Å². The highest BCUT2D eigenvalue weighted by Crippen LogP contribution is 2.26. The second-order valence-corrected chi connectivity index (χ2v) is 5.95. The number of aromatic nitrogens is 2. The Balaban J connectivity index is 2.16. The van der Waals surface area contributed by atoms with Crippen LogP contribution in [0.1, 0.15) is 37.7 Å². The molecule has 2 rings (SSSR count). The van der Waals surface area contributed by atoms with Crippen LogP contribution in [-0.2, 0) is 12.0 Å². The van der Waals surface area contributed by atoms with Crippen LogP contribution in [0.4, 0.5) is 0 Å². The van der Waals surface area contributed by atoms with E-state index in [0.29, 0.717) is 0 Å². The van der Waals surface area contributed by atoms with Crippen LogP contribution in [0.25, 0.3) is 0 Å². The Hall–Kier alpha value is -0.870.